The molecule has 3 heteroatoms. The summed E-state index contributed by atoms with van der Waals surface area (Å²) < 4.78 is 0. The molecule has 3 nitrogen and oxygen atoms in total. The number of hydrogen-bond donors (Lipinski definition) is 0. The predicted octanol–water partition coefficient (Wildman–Crippen LogP) is 3.36. The minimum absolute atomic E-state index is 0.762. The largest absolute Gasteiger partial charge is 0.261 e. The van der Waals surface area contributed by atoms with Gasteiger partial charge in [0.2, 0.25) is 0 Å². The van der Waals surface area contributed by atoms with E-state index < -0.39 is 0 Å². The molecule has 3 aromatic rings. The lowest BCUT2D eigenvalue weighted by atomic mass is 10.1. The van der Waals surface area contributed by atoms with Crippen molar-refractivity contribution in [3.05, 3.63) is 89.3 Å². The third-order valence-electron chi connectivity index (χ3n) is 3.25. The zero-order valence-electron chi connectivity index (χ0n) is 12.0. The Balaban J connectivity index is 1.83. The van der Waals surface area contributed by atoms with E-state index in [4.69, 9.17) is 4.98 Å². The molecule has 0 aliphatic heterocycles. The van der Waals surface area contributed by atoms with Crippen molar-refractivity contribution in [2.24, 2.45) is 0 Å². The van der Waals surface area contributed by atoms with Crippen LogP contribution in [-0.2, 0) is 12.8 Å². The summed E-state index contributed by atoms with van der Waals surface area (Å²) in [6, 6.07) is 16.2. The molecule has 0 fully saturated rings. The Kier molecular flexibility index (Phi) is 4.01. The average molecular weight is 275 g/mol. The lowest BCUT2D eigenvalue weighted by Crippen LogP contribution is -2.01. The molecular weight excluding hydrogens is 258 g/mol. The molecule has 3 heterocycles. The molecule has 0 unspecified atom stereocenters. The van der Waals surface area contributed by atoms with Crippen LogP contribution in [0.2, 0.25) is 0 Å². The number of aryl methyl sites for hydroxylation is 1. The number of pyridine rings is 3. The minimum atomic E-state index is 0.762. The van der Waals surface area contributed by atoms with Crippen LogP contribution in [-0.4, -0.2) is 15.0 Å². The third-order valence-corrected chi connectivity index (χ3v) is 3.25. The predicted molar refractivity (Wildman–Crippen MR) is 83.1 cm³/mol. The van der Waals surface area contributed by atoms with E-state index in [1.54, 1.807) is 0 Å². The second kappa shape index (κ2) is 6.27. The van der Waals surface area contributed by atoms with Gasteiger partial charge in [-0.05, 0) is 48.9 Å². The van der Waals surface area contributed by atoms with Gasteiger partial charge in [0.25, 0.3) is 0 Å². The Bertz CT molecular complexity index is 649. The van der Waals surface area contributed by atoms with E-state index in [1.165, 1.54) is 5.56 Å². The fourth-order valence-corrected chi connectivity index (χ4v) is 2.37. The molecule has 0 atom stereocenters. The van der Waals surface area contributed by atoms with E-state index in [0.29, 0.717) is 0 Å². The third kappa shape index (κ3) is 3.72. The highest BCUT2D eigenvalue weighted by molar-refractivity contribution is 5.26. The van der Waals surface area contributed by atoms with Crippen molar-refractivity contribution in [3.8, 4) is 0 Å². The standard InChI is InChI=1S/C18H17N3/c1-14-10-17(12-15-6-2-4-8-19-15)21-18(11-14)13-16-7-3-5-9-20-16/h2-11H,12-13H2,1H3. The van der Waals surface area contributed by atoms with Crippen LogP contribution in [0.4, 0.5) is 0 Å². The molecule has 3 aromatic heterocycles. The van der Waals surface area contributed by atoms with Gasteiger partial charge in [0.15, 0.2) is 0 Å². The summed E-state index contributed by atoms with van der Waals surface area (Å²) in [7, 11) is 0. The van der Waals surface area contributed by atoms with Gasteiger partial charge < -0.3 is 0 Å². The Morgan fingerprint density at radius 2 is 1.24 bits per heavy atom. The van der Waals surface area contributed by atoms with Crippen molar-refractivity contribution >= 4 is 0 Å². The first-order chi connectivity index (χ1) is 10.3. The van der Waals surface area contributed by atoms with Gasteiger partial charge >= 0.3 is 0 Å². The maximum Gasteiger partial charge on any atom is 0.0469 e. The van der Waals surface area contributed by atoms with E-state index in [9.17, 15) is 0 Å². The first-order valence-electron chi connectivity index (χ1n) is 7.06. The van der Waals surface area contributed by atoms with E-state index in [0.717, 1.165) is 35.6 Å². The van der Waals surface area contributed by atoms with Crippen LogP contribution in [0.25, 0.3) is 0 Å². The number of aromatic nitrogens is 3. The summed E-state index contributed by atoms with van der Waals surface area (Å²) in [5, 5.41) is 0. The summed E-state index contributed by atoms with van der Waals surface area (Å²) >= 11 is 0. The van der Waals surface area contributed by atoms with Gasteiger partial charge in [-0.15, -0.1) is 0 Å². The maximum atomic E-state index is 4.74. The second-order valence-corrected chi connectivity index (χ2v) is 5.12. The summed E-state index contributed by atoms with van der Waals surface area (Å²) in [5.74, 6) is 0. The fourth-order valence-electron chi connectivity index (χ4n) is 2.37. The van der Waals surface area contributed by atoms with Crippen LogP contribution in [0.1, 0.15) is 28.3 Å². The van der Waals surface area contributed by atoms with Gasteiger partial charge in [0, 0.05) is 48.0 Å². The summed E-state index contributed by atoms with van der Waals surface area (Å²) in [6.45, 7) is 2.10. The SMILES string of the molecule is Cc1cc(Cc2ccccn2)nc(Cc2ccccn2)c1. The van der Waals surface area contributed by atoms with Crippen molar-refractivity contribution in [1.82, 2.24) is 15.0 Å². The molecule has 21 heavy (non-hydrogen) atoms. The molecular formula is C18H17N3. The summed E-state index contributed by atoms with van der Waals surface area (Å²) in [6.07, 6.45) is 5.16. The lowest BCUT2D eigenvalue weighted by Gasteiger charge is -2.06. The fraction of sp³-hybridized carbons (Fsp3) is 0.167. The van der Waals surface area contributed by atoms with Gasteiger partial charge in [0.05, 0.1) is 0 Å². The molecule has 0 bridgehead atoms. The van der Waals surface area contributed by atoms with Crippen LogP contribution >= 0.6 is 0 Å². The Morgan fingerprint density at radius 3 is 1.67 bits per heavy atom. The zero-order chi connectivity index (χ0) is 14.5. The first kappa shape index (κ1) is 13.4. The van der Waals surface area contributed by atoms with Crippen molar-refractivity contribution < 1.29 is 0 Å². The zero-order valence-corrected chi connectivity index (χ0v) is 12.0. The Labute approximate surface area is 124 Å². The minimum Gasteiger partial charge on any atom is -0.261 e. The highest BCUT2D eigenvalue weighted by Crippen LogP contribution is 2.12. The van der Waals surface area contributed by atoms with Crippen LogP contribution < -0.4 is 0 Å². The second-order valence-electron chi connectivity index (χ2n) is 5.12. The smallest absolute Gasteiger partial charge is 0.0469 e. The molecule has 0 spiro atoms. The van der Waals surface area contributed by atoms with Gasteiger partial charge in [0.1, 0.15) is 0 Å². The lowest BCUT2D eigenvalue weighted by molar-refractivity contribution is 0.941. The van der Waals surface area contributed by atoms with Crippen molar-refractivity contribution in [2.75, 3.05) is 0 Å². The molecule has 0 saturated heterocycles. The average Bonchev–Trinajstić information content (AvgIpc) is 2.48. The van der Waals surface area contributed by atoms with Crippen molar-refractivity contribution in [3.63, 3.8) is 0 Å². The highest BCUT2D eigenvalue weighted by atomic mass is 14.7. The molecule has 0 saturated carbocycles. The number of rotatable bonds is 4. The molecule has 3 rings (SSSR count). The summed E-state index contributed by atoms with van der Waals surface area (Å²) in [4.78, 5) is 13.5. The monoisotopic (exact) mass is 275 g/mol. The van der Waals surface area contributed by atoms with Gasteiger partial charge in [-0.2, -0.15) is 0 Å². The van der Waals surface area contributed by atoms with E-state index in [1.807, 2.05) is 48.8 Å². The maximum absolute atomic E-state index is 4.74. The molecule has 0 amide bonds. The Morgan fingerprint density at radius 1 is 0.714 bits per heavy atom. The van der Waals surface area contributed by atoms with E-state index in [2.05, 4.69) is 29.0 Å². The van der Waals surface area contributed by atoms with Gasteiger partial charge in [-0.3, -0.25) is 15.0 Å². The van der Waals surface area contributed by atoms with Crippen LogP contribution in [0.5, 0.6) is 0 Å². The molecule has 0 aliphatic rings. The van der Waals surface area contributed by atoms with E-state index >= 15 is 0 Å². The quantitative estimate of drug-likeness (QED) is 0.733. The molecule has 0 aliphatic carbocycles. The summed E-state index contributed by atoms with van der Waals surface area (Å²) in [5.41, 5.74) is 5.42. The highest BCUT2D eigenvalue weighted by Gasteiger charge is 2.04. The van der Waals surface area contributed by atoms with E-state index in [-0.39, 0.29) is 0 Å². The van der Waals surface area contributed by atoms with Crippen molar-refractivity contribution in [2.45, 2.75) is 19.8 Å². The van der Waals surface area contributed by atoms with Crippen LogP contribution in [0.3, 0.4) is 0 Å². The van der Waals surface area contributed by atoms with Gasteiger partial charge in [-0.25, -0.2) is 0 Å². The normalized spacial score (nSPS) is 10.5. The number of nitrogens with zero attached hydrogens (tertiary/aromatic N) is 3. The van der Waals surface area contributed by atoms with Crippen LogP contribution in [0.15, 0.2) is 60.9 Å². The topological polar surface area (TPSA) is 38.7 Å². The number of hydrogen-bond acceptors (Lipinski definition) is 3. The molecule has 104 valence electrons. The Hall–Kier alpha value is -2.55. The van der Waals surface area contributed by atoms with Gasteiger partial charge in [-0.1, -0.05) is 12.1 Å². The first-order valence-corrected chi connectivity index (χ1v) is 7.06. The molecule has 0 aromatic carbocycles. The molecule has 0 N–H and O–H groups in total. The van der Waals surface area contributed by atoms with Crippen molar-refractivity contribution in [1.29, 1.82) is 0 Å². The van der Waals surface area contributed by atoms with Crippen LogP contribution in [0, 0.1) is 6.92 Å². The molecule has 0 radical (unpaired) electrons.